The van der Waals surface area contributed by atoms with Crippen LogP contribution in [0, 0.1) is 11.8 Å². The maximum Gasteiger partial charge on any atom is 0.220 e. The van der Waals surface area contributed by atoms with E-state index < -0.39 is 0 Å². The number of hydrogen-bond acceptors (Lipinski definition) is 2. The average Bonchev–Trinajstić information content (AvgIpc) is 2.06. The highest BCUT2D eigenvalue weighted by Crippen LogP contribution is 2.29. The Morgan fingerprint density at radius 1 is 1.53 bits per heavy atom. The number of amides is 1. The summed E-state index contributed by atoms with van der Waals surface area (Å²) in [4.78, 5) is 12.0. The van der Waals surface area contributed by atoms with Gasteiger partial charge in [-0.15, -0.1) is 0 Å². The molecule has 1 unspecified atom stereocenters. The molecule has 1 atom stereocenters. The van der Waals surface area contributed by atoms with Crippen molar-refractivity contribution in [2.24, 2.45) is 17.6 Å². The Kier molecular flexibility index (Phi) is 4.51. The van der Waals surface area contributed by atoms with Crippen molar-refractivity contribution < 1.29 is 4.79 Å². The molecule has 0 aliphatic heterocycles. The molecule has 1 amide bonds. The minimum absolute atomic E-state index is 0.0891. The zero-order chi connectivity index (χ0) is 11.4. The summed E-state index contributed by atoms with van der Waals surface area (Å²) in [5.41, 5.74) is 5.58. The van der Waals surface area contributed by atoms with Crippen LogP contribution in [0.2, 0.25) is 0 Å². The molecule has 0 aromatic carbocycles. The van der Waals surface area contributed by atoms with Crippen LogP contribution in [0.25, 0.3) is 0 Å². The highest BCUT2D eigenvalue weighted by Gasteiger charge is 2.23. The van der Waals surface area contributed by atoms with Crippen molar-refractivity contribution >= 4 is 23.1 Å². The van der Waals surface area contributed by atoms with Crippen molar-refractivity contribution in [3.05, 3.63) is 0 Å². The molecule has 1 aliphatic carbocycles. The largest absolute Gasteiger partial charge is 0.392 e. The average molecular weight is 228 g/mol. The maximum absolute atomic E-state index is 11.6. The van der Waals surface area contributed by atoms with Crippen LogP contribution in [-0.4, -0.2) is 16.9 Å². The van der Waals surface area contributed by atoms with Gasteiger partial charge in [-0.1, -0.05) is 32.5 Å². The van der Waals surface area contributed by atoms with Gasteiger partial charge >= 0.3 is 0 Å². The van der Waals surface area contributed by atoms with Gasteiger partial charge in [0.1, 0.15) is 0 Å². The Morgan fingerprint density at radius 2 is 2.13 bits per heavy atom. The first kappa shape index (κ1) is 12.4. The van der Waals surface area contributed by atoms with E-state index in [-0.39, 0.29) is 17.9 Å². The molecule has 0 aromatic rings. The molecular weight excluding hydrogens is 208 g/mol. The number of carbonyl (C=O) groups is 1. The van der Waals surface area contributed by atoms with E-state index in [1.165, 1.54) is 19.3 Å². The van der Waals surface area contributed by atoms with Crippen LogP contribution in [0.3, 0.4) is 0 Å². The summed E-state index contributed by atoms with van der Waals surface area (Å²) in [5.74, 6) is 0.934. The predicted octanol–water partition coefficient (Wildman–Crippen LogP) is 1.60. The Hall–Kier alpha value is -0.640. The van der Waals surface area contributed by atoms with Crippen molar-refractivity contribution in [3.63, 3.8) is 0 Å². The standard InChI is InChI=1S/C11H20N2OS/c1-7(2)10(11(12)15)13-9(14)6-8-4-3-5-8/h7-8,10H,3-6H2,1-2H3,(H2,12,15)(H,13,14). The van der Waals surface area contributed by atoms with Crippen molar-refractivity contribution in [1.82, 2.24) is 5.32 Å². The number of nitrogens with two attached hydrogens (primary N) is 1. The van der Waals surface area contributed by atoms with E-state index in [0.717, 1.165) is 0 Å². The Balaban J connectivity index is 2.36. The second kappa shape index (κ2) is 5.45. The minimum atomic E-state index is -0.160. The summed E-state index contributed by atoms with van der Waals surface area (Å²) in [6, 6.07) is -0.160. The monoisotopic (exact) mass is 228 g/mol. The van der Waals surface area contributed by atoms with Crippen molar-refractivity contribution in [3.8, 4) is 0 Å². The van der Waals surface area contributed by atoms with Gasteiger partial charge in [-0.25, -0.2) is 0 Å². The van der Waals surface area contributed by atoms with Gasteiger partial charge in [-0.3, -0.25) is 4.79 Å². The summed E-state index contributed by atoms with van der Waals surface area (Å²) in [5, 5.41) is 2.91. The number of hydrogen-bond donors (Lipinski definition) is 2. The lowest BCUT2D eigenvalue weighted by Crippen LogP contribution is -2.47. The lowest BCUT2D eigenvalue weighted by molar-refractivity contribution is -0.123. The van der Waals surface area contributed by atoms with Gasteiger partial charge in [0, 0.05) is 6.42 Å². The van der Waals surface area contributed by atoms with E-state index in [1.54, 1.807) is 0 Å². The predicted molar refractivity (Wildman–Crippen MR) is 65.5 cm³/mol. The van der Waals surface area contributed by atoms with Crippen molar-refractivity contribution in [1.29, 1.82) is 0 Å². The van der Waals surface area contributed by atoms with Gasteiger partial charge < -0.3 is 11.1 Å². The first-order valence-electron chi connectivity index (χ1n) is 5.59. The van der Waals surface area contributed by atoms with Crippen LogP contribution in [0.5, 0.6) is 0 Å². The highest BCUT2D eigenvalue weighted by molar-refractivity contribution is 7.80. The molecular formula is C11H20N2OS. The normalized spacial score (nSPS) is 18.3. The van der Waals surface area contributed by atoms with Crippen LogP contribution >= 0.6 is 12.2 Å². The van der Waals surface area contributed by atoms with Gasteiger partial charge in [-0.2, -0.15) is 0 Å². The molecule has 1 rings (SSSR count). The summed E-state index contributed by atoms with van der Waals surface area (Å²) < 4.78 is 0. The molecule has 3 nitrogen and oxygen atoms in total. The minimum Gasteiger partial charge on any atom is -0.392 e. The van der Waals surface area contributed by atoms with Gasteiger partial charge in [0.2, 0.25) is 5.91 Å². The lowest BCUT2D eigenvalue weighted by Gasteiger charge is -2.27. The number of carbonyl (C=O) groups excluding carboxylic acids is 1. The fraction of sp³-hybridized carbons (Fsp3) is 0.818. The molecule has 0 saturated heterocycles. The van der Waals surface area contributed by atoms with E-state index in [2.05, 4.69) is 5.32 Å². The fourth-order valence-corrected chi connectivity index (χ4v) is 2.09. The first-order valence-corrected chi connectivity index (χ1v) is 6.00. The van der Waals surface area contributed by atoms with Gasteiger partial charge in [0.05, 0.1) is 11.0 Å². The molecule has 86 valence electrons. The Morgan fingerprint density at radius 3 is 2.47 bits per heavy atom. The topological polar surface area (TPSA) is 55.1 Å². The third-order valence-corrected chi connectivity index (χ3v) is 3.24. The molecule has 0 spiro atoms. The number of nitrogens with one attached hydrogen (secondary N) is 1. The zero-order valence-corrected chi connectivity index (χ0v) is 10.3. The number of thiocarbonyl (C=S) groups is 1. The summed E-state index contributed by atoms with van der Waals surface area (Å²) in [6.07, 6.45) is 4.27. The molecule has 3 N–H and O–H groups in total. The van der Waals surface area contributed by atoms with E-state index in [1.807, 2.05) is 13.8 Å². The Bertz CT molecular complexity index is 249. The third-order valence-electron chi connectivity index (χ3n) is 2.99. The molecule has 0 radical (unpaired) electrons. The summed E-state index contributed by atoms with van der Waals surface area (Å²) >= 11 is 4.93. The molecule has 1 saturated carbocycles. The summed E-state index contributed by atoms with van der Waals surface area (Å²) in [6.45, 7) is 4.01. The second-order valence-corrected chi connectivity index (χ2v) is 5.16. The van der Waals surface area contributed by atoms with Crippen LogP contribution in [0.4, 0.5) is 0 Å². The zero-order valence-electron chi connectivity index (χ0n) is 9.45. The van der Waals surface area contributed by atoms with Gasteiger partial charge in [0.25, 0.3) is 0 Å². The maximum atomic E-state index is 11.6. The molecule has 4 heteroatoms. The van der Waals surface area contributed by atoms with E-state index in [4.69, 9.17) is 18.0 Å². The van der Waals surface area contributed by atoms with E-state index in [9.17, 15) is 4.79 Å². The molecule has 15 heavy (non-hydrogen) atoms. The van der Waals surface area contributed by atoms with Crippen LogP contribution in [0.15, 0.2) is 0 Å². The highest BCUT2D eigenvalue weighted by atomic mass is 32.1. The fourth-order valence-electron chi connectivity index (χ4n) is 1.76. The van der Waals surface area contributed by atoms with Crippen LogP contribution in [0.1, 0.15) is 39.5 Å². The smallest absolute Gasteiger partial charge is 0.220 e. The van der Waals surface area contributed by atoms with Gasteiger partial charge in [-0.05, 0) is 24.7 Å². The SMILES string of the molecule is CC(C)C(NC(=O)CC1CCC1)C(N)=S. The Labute approximate surface area is 96.8 Å². The lowest BCUT2D eigenvalue weighted by atomic mass is 9.83. The number of rotatable bonds is 5. The second-order valence-electron chi connectivity index (χ2n) is 4.69. The molecule has 1 aliphatic rings. The third kappa shape index (κ3) is 3.78. The molecule has 0 bridgehead atoms. The van der Waals surface area contributed by atoms with E-state index in [0.29, 0.717) is 17.3 Å². The van der Waals surface area contributed by atoms with E-state index >= 15 is 0 Å². The van der Waals surface area contributed by atoms with Crippen molar-refractivity contribution in [2.75, 3.05) is 0 Å². The van der Waals surface area contributed by atoms with Crippen LogP contribution < -0.4 is 11.1 Å². The van der Waals surface area contributed by atoms with Gasteiger partial charge in [0.15, 0.2) is 0 Å². The quantitative estimate of drug-likeness (QED) is 0.703. The van der Waals surface area contributed by atoms with Crippen LogP contribution in [-0.2, 0) is 4.79 Å². The summed E-state index contributed by atoms with van der Waals surface area (Å²) in [7, 11) is 0. The first-order chi connectivity index (χ1) is 7.00. The molecule has 0 aromatic heterocycles. The van der Waals surface area contributed by atoms with Crippen molar-refractivity contribution in [2.45, 2.75) is 45.6 Å². The molecule has 0 heterocycles. The molecule has 1 fully saturated rings.